The predicted octanol–water partition coefficient (Wildman–Crippen LogP) is 4.15. The van der Waals surface area contributed by atoms with Crippen LogP contribution in [0.4, 0.5) is 18.0 Å². The monoisotopic (exact) mass is 291 g/mol. The van der Waals surface area contributed by atoms with Gasteiger partial charge < -0.3 is 10.1 Å². The summed E-state index contributed by atoms with van der Waals surface area (Å²) in [7, 11) is 0. The maximum absolute atomic E-state index is 11.9. The van der Waals surface area contributed by atoms with Crippen LogP contribution in [0.5, 0.6) is 0 Å². The Bertz CT molecular complexity index is 402. The smallest absolute Gasteiger partial charge is 0.416 e. The topological polar surface area (TPSA) is 38.3 Å². The van der Waals surface area contributed by atoms with Gasteiger partial charge in [-0.2, -0.15) is 13.2 Å². The Morgan fingerprint density at radius 3 is 1.95 bits per heavy atom. The number of alkyl halides is 3. The standard InChI is InChI=1S/C8H7F3.C4H7NO2.C2H6/c1-6-2-4-7(5-3-6)8(9,10)11;1-3-2-7-4(6)5-3;1-2/h2-5H,1H3;3H,2H2,1H3,(H,5,6);1-2H3. The Hall–Kier alpha value is -1.72. The highest BCUT2D eigenvalue weighted by Crippen LogP contribution is 2.28. The van der Waals surface area contributed by atoms with Crippen LogP contribution in [0.3, 0.4) is 0 Å². The Morgan fingerprint density at radius 1 is 1.20 bits per heavy atom. The van der Waals surface area contributed by atoms with Crippen LogP contribution in [0, 0.1) is 6.92 Å². The number of benzene rings is 1. The molecule has 1 amide bonds. The summed E-state index contributed by atoms with van der Waals surface area (Å²) in [5, 5.41) is 2.56. The van der Waals surface area contributed by atoms with Crippen molar-refractivity contribution < 1.29 is 22.7 Å². The molecular formula is C14H20F3NO2. The molecule has 0 aromatic heterocycles. The van der Waals surface area contributed by atoms with Crippen LogP contribution in [-0.2, 0) is 10.9 Å². The van der Waals surface area contributed by atoms with E-state index in [2.05, 4.69) is 10.1 Å². The zero-order valence-electron chi connectivity index (χ0n) is 12.0. The second-order valence-electron chi connectivity index (χ2n) is 4.01. The number of halogens is 3. The summed E-state index contributed by atoms with van der Waals surface area (Å²) in [4.78, 5) is 10.1. The average Bonchev–Trinajstić information content (AvgIpc) is 2.76. The van der Waals surface area contributed by atoms with Gasteiger partial charge in [0, 0.05) is 0 Å². The summed E-state index contributed by atoms with van der Waals surface area (Å²) in [5.41, 5.74) is 0.237. The van der Waals surface area contributed by atoms with Crippen molar-refractivity contribution in [3.63, 3.8) is 0 Å². The predicted molar refractivity (Wildman–Crippen MR) is 71.5 cm³/mol. The lowest BCUT2D eigenvalue weighted by atomic mass is 10.1. The van der Waals surface area contributed by atoms with E-state index >= 15 is 0 Å². The largest absolute Gasteiger partial charge is 0.447 e. The van der Waals surface area contributed by atoms with Crippen molar-refractivity contribution in [1.82, 2.24) is 5.32 Å². The van der Waals surface area contributed by atoms with Gasteiger partial charge in [-0.05, 0) is 26.0 Å². The van der Waals surface area contributed by atoms with Gasteiger partial charge in [-0.1, -0.05) is 31.5 Å². The lowest BCUT2D eigenvalue weighted by Crippen LogP contribution is -2.21. The number of hydrogen-bond donors (Lipinski definition) is 1. The van der Waals surface area contributed by atoms with Gasteiger partial charge in [0.2, 0.25) is 0 Å². The highest BCUT2D eigenvalue weighted by atomic mass is 19.4. The molecule has 1 aromatic carbocycles. The number of hydrogen-bond acceptors (Lipinski definition) is 2. The molecule has 2 rings (SSSR count). The number of alkyl carbamates (subject to hydrolysis) is 1. The maximum Gasteiger partial charge on any atom is 0.416 e. The van der Waals surface area contributed by atoms with E-state index in [4.69, 9.17) is 0 Å². The van der Waals surface area contributed by atoms with Crippen LogP contribution in [0.25, 0.3) is 0 Å². The molecule has 1 atom stereocenters. The number of amides is 1. The maximum atomic E-state index is 11.9. The number of ether oxygens (including phenoxy) is 1. The molecule has 1 N–H and O–H groups in total. The minimum absolute atomic E-state index is 0.201. The van der Waals surface area contributed by atoms with E-state index in [-0.39, 0.29) is 12.1 Å². The molecule has 0 radical (unpaired) electrons. The molecule has 1 saturated heterocycles. The van der Waals surface area contributed by atoms with Crippen molar-refractivity contribution in [3.05, 3.63) is 35.4 Å². The summed E-state index contributed by atoms with van der Waals surface area (Å²) >= 11 is 0. The number of carbonyl (C=O) groups excluding carboxylic acids is 1. The molecule has 1 unspecified atom stereocenters. The molecule has 1 aliphatic rings. The Morgan fingerprint density at radius 2 is 1.70 bits per heavy atom. The molecule has 0 saturated carbocycles. The second kappa shape index (κ2) is 8.45. The summed E-state index contributed by atoms with van der Waals surface area (Å²) in [6.07, 6.45) is -4.51. The van der Waals surface area contributed by atoms with Crippen molar-refractivity contribution in [3.8, 4) is 0 Å². The van der Waals surface area contributed by atoms with Gasteiger partial charge in [0.25, 0.3) is 0 Å². The minimum Gasteiger partial charge on any atom is -0.447 e. The van der Waals surface area contributed by atoms with Crippen LogP contribution >= 0.6 is 0 Å². The average molecular weight is 291 g/mol. The molecule has 0 aliphatic carbocycles. The molecule has 1 aromatic rings. The van der Waals surface area contributed by atoms with E-state index in [0.717, 1.165) is 17.7 Å². The first kappa shape index (κ1) is 18.3. The number of aryl methyl sites for hydroxylation is 1. The van der Waals surface area contributed by atoms with Crippen molar-refractivity contribution in [2.75, 3.05) is 6.61 Å². The third-order valence-corrected chi connectivity index (χ3v) is 2.21. The van der Waals surface area contributed by atoms with Crippen LogP contribution in [0.1, 0.15) is 31.9 Å². The molecule has 0 bridgehead atoms. The quantitative estimate of drug-likeness (QED) is 0.779. The highest BCUT2D eigenvalue weighted by molar-refractivity contribution is 5.69. The van der Waals surface area contributed by atoms with Crippen LogP contribution in [0.15, 0.2) is 24.3 Å². The van der Waals surface area contributed by atoms with Crippen LogP contribution in [-0.4, -0.2) is 18.7 Å². The van der Waals surface area contributed by atoms with Crippen LogP contribution < -0.4 is 5.32 Å². The van der Waals surface area contributed by atoms with Crippen molar-refractivity contribution in [2.24, 2.45) is 0 Å². The molecular weight excluding hydrogens is 271 g/mol. The van der Waals surface area contributed by atoms with Gasteiger partial charge in [0.15, 0.2) is 0 Å². The zero-order valence-corrected chi connectivity index (χ0v) is 12.0. The number of cyclic esters (lactones) is 1. The molecule has 1 aliphatic heterocycles. The SMILES string of the molecule is CC.CC1COC(=O)N1.Cc1ccc(C(F)(F)F)cc1. The lowest BCUT2D eigenvalue weighted by Gasteiger charge is -2.05. The van der Waals surface area contributed by atoms with Crippen molar-refractivity contribution in [1.29, 1.82) is 0 Å². The highest BCUT2D eigenvalue weighted by Gasteiger charge is 2.29. The fraction of sp³-hybridized carbons (Fsp3) is 0.500. The Balaban J connectivity index is 0.000000345. The van der Waals surface area contributed by atoms with E-state index in [1.807, 2.05) is 20.8 Å². The molecule has 20 heavy (non-hydrogen) atoms. The van der Waals surface area contributed by atoms with E-state index in [1.165, 1.54) is 12.1 Å². The fourth-order valence-electron chi connectivity index (χ4n) is 1.23. The van der Waals surface area contributed by atoms with Gasteiger partial charge in [0.1, 0.15) is 6.61 Å². The van der Waals surface area contributed by atoms with Gasteiger partial charge >= 0.3 is 12.3 Å². The summed E-state index contributed by atoms with van der Waals surface area (Å²) in [6.45, 7) is 8.16. The molecule has 0 spiro atoms. The second-order valence-corrected chi connectivity index (χ2v) is 4.01. The van der Waals surface area contributed by atoms with E-state index in [0.29, 0.717) is 6.61 Å². The lowest BCUT2D eigenvalue weighted by molar-refractivity contribution is -0.137. The van der Waals surface area contributed by atoms with Gasteiger partial charge in [-0.25, -0.2) is 4.79 Å². The Kier molecular flexibility index (Phi) is 7.72. The minimum atomic E-state index is -4.21. The molecule has 3 nitrogen and oxygen atoms in total. The van der Waals surface area contributed by atoms with E-state index in [1.54, 1.807) is 6.92 Å². The van der Waals surface area contributed by atoms with Gasteiger partial charge in [-0.15, -0.1) is 0 Å². The first-order valence-electron chi connectivity index (χ1n) is 6.36. The third-order valence-electron chi connectivity index (χ3n) is 2.21. The molecule has 114 valence electrons. The van der Waals surface area contributed by atoms with E-state index < -0.39 is 11.7 Å². The Labute approximate surface area is 117 Å². The number of rotatable bonds is 0. The molecule has 1 heterocycles. The normalized spacial score (nSPS) is 16.9. The first-order valence-corrected chi connectivity index (χ1v) is 6.36. The van der Waals surface area contributed by atoms with E-state index in [9.17, 15) is 18.0 Å². The number of nitrogens with one attached hydrogen (secondary N) is 1. The molecule has 6 heteroatoms. The van der Waals surface area contributed by atoms with Gasteiger partial charge in [-0.3, -0.25) is 0 Å². The first-order chi connectivity index (χ1) is 9.29. The van der Waals surface area contributed by atoms with Crippen molar-refractivity contribution >= 4 is 6.09 Å². The summed E-state index contributed by atoms with van der Waals surface area (Å²) < 4.78 is 40.3. The number of carbonyl (C=O) groups is 1. The fourth-order valence-corrected chi connectivity index (χ4v) is 1.23. The van der Waals surface area contributed by atoms with Crippen molar-refractivity contribution in [2.45, 2.75) is 39.9 Å². The summed E-state index contributed by atoms with van der Waals surface area (Å²) in [5.74, 6) is 0. The van der Waals surface area contributed by atoms with Crippen LogP contribution in [0.2, 0.25) is 0 Å². The summed E-state index contributed by atoms with van der Waals surface area (Å²) in [6, 6.07) is 5.25. The zero-order chi connectivity index (χ0) is 15.8. The van der Waals surface area contributed by atoms with Gasteiger partial charge in [0.05, 0.1) is 11.6 Å². The molecule has 1 fully saturated rings. The third kappa shape index (κ3) is 7.01.